The Kier molecular flexibility index (Phi) is 10.3. The molecular weight excluding hydrogens is 597 g/mol. The van der Waals surface area contributed by atoms with Crippen LogP contribution in [0.15, 0.2) is 35.9 Å². The van der Waals surface area contributed by atoms with Gasteiger partial charge in [0, 0.05) is 64.0 Å². The van der Waals surface area contributed by atoms with Gasteiger partial charge in [0.2, 0.25) is 16.8 Å². The number of piperazine rings is 1. The predicted octanol–water partition coefficient (Wildman–Crippen LogP) is 4.03. The van der Waals surface area contributed by atoms with E-state index in [2.05, 4.69) is 33.2 Å². The number of ether oxygens (including phenoxy) is 3. The second-order valence-electron chi connectivity index (χ2n) is 13.0. The van der Waals surface area contributed by atoms with Crippen molar-refractivity contribution in [2.24, 2.45) is 11.8 Å². The van der Waals surface area contributed by atoms with Crippen LogP contribution in [-0.2, 0) is 19.0 Å². The number of hydrogen-bond donors (Lipinski definition) is 1. The molecule has 4 atom stereocenters. The van der Waals surface area contributed by atoms with Gasteiger partial charge < -0.3 is 34.2 Å². The van der Waals surface area contributed by atoms with Crippen LogP contribution in [0.1, 0.15) is 44.5 Å². The molecule has 10 nitrogen and oxygen atoms in total. The fourth-order valence-corrected chi connectivity index (χ4v) is 7.49. The van der Waals surface area contributed by atoms with Crippen molar-refractivity contribution in [2.75, 3.05) is 65.5 Å². The summed E-state index contributed by atoms with van der Waals surface area (Å²) >= 11 is 1.05. The largest absolute Gasteiger partial charge is 0.369 e. The molecule has 2 amide bonds. The summed E-state index contributed by atoms with van der Waals surface area (Å²) in [5.74, 6) is -1.55. The Balaban J connectivity index is 1.33. The van der Waals surface area contributed by atoms with Crippen LogP contribution in [0.5, 0.6) is 0 Å². The summed E-state index contributed by atoms with van der Waals surface area (Å²) in [4.78, 5) is 38.5. The molecule has 3 saturated heterocycles. The maximum atomic E-state index is 15.0. The number of amides is 2. The molecule has 1 aromatic carbocycles. The van der Waals surface area contributed by atoms with Crippen molar-refractivity contribution < 1.29 is 28.2 Å². The second kappa shape index (κ2) is 13.8. The maximum absolute atomic E-state index is 15.0. The van der Waals surface area contributed by atoms with E-state index >= 15 is 0 Å². The van der Waals surface area contributed by atoms with Crippen LogP contribution in [0.25, 0.3) is 11.3 Å². The third kappa shape index (κ3) is 6.95. The first kappa shape index (κ1) is 33.5. The van der Waals surface area contributed by atoms with Crippen LogP contribution < -0.4 is 10.2 Å². The summed E-state index contributed by atoms with van der Waals surface area (Å²) in [6, 6.07) is 5.48. The van der Waals surface area contributed by atoms with Gasteiger partial charge in [-0.05, 0) is 45.4 Å². The van der Waals surface area contributed by atoms with Crippen molar-refractivity contribution in [3.05, 3.63) is 46.6 Å². The number of carbonyl (C=O) groups excluding carboxylic acids is 2. The molecule has 2 aromatic rings. The molecule has 12 heteroatoms. The van der Waals surface area contributed by atoms with Gasteiger partial charge in [0.05, 0.1) is 6.10 Å². The number of hydrogen-bond acceptors (Lipinski definition) is 9. The highest BCUT2D eigenvalue weighted by molar-refractivity contribution is 7.14. The fraction of sp³-hybridized carbons (Fsp3) is 0.606. The standard InChI is InChI=1S/C33H46FN5O5S/c1-20(2)16-24-18-39(28-27(24)44-19-33(28,42-6)43-7)31(41)25(17-21(3)4)35-30(40)23-10-8-22(9-11-23)26-29(34)45-32(36-26)38-14-12-37(5)13-15-38/h8-11,16,21,24-25,27-28H,12-15,17-19H2,1-7H3,(H,35,40). The van der Waals surface area contributed by atoms with Crippen molar-refractivity contribution >= 4 is 28.3 Å². The zero-order valence-corrected chi connectivity index (χ0v) is 28.2. The molecule has 0 radical (unpaired) electrons. The average molecular weight is 644 g/mol. The zero-order valence-electron chi connectivity index (χ0n) is 27.3. The number of anilines is 1. The number of rotatable bonds is 10. The van der Waals surface area contributed by atoms with Gasteiger partial charge in [-0.25, -0.2) is 4.98 Å². The number of likely N-dealkylation sites (tertiary alicyclic amines) is 1. The summed E-state index contributed by atoms with van der Waals surface area (Å²) in [6.45, 7) is 12.1. The number of nitrogens with one attached hydrogen (secondary N) is 1. The first-order chi connectivity index (χ1) is 21.5. The molecule has 45 heavy (non-hydrogen) atoms. The van der Waals surface area contributed by atoms with E-state index in [1.54, 1.807) is 43.4 Å². The Morgan fingerprint density at radius 2 is 1.82 bits per heavy atom. The van der Waals surface area contributed by atoms with Gasteiger partial charge in [0.25, 0.3) is 5.91 Å². The number of thiazole rings is 1. The number of fused-ring (bicyclic) bond motifs is 1. The van der Waals surface area contributed by atoms with Crippen LogP contribution in [0.4, 0.5) is 9.52 Å². The zero-order chi connectivity index (χ0) is 32.5. The third-order valence-electron chi connectivity index (χ3n) is 9.00. The first-order valence-electron chi connectivity index (χ1n) is 15.6. The molecule has 3 aliphatic rings. The Bertz CT molecular complexity index is 1380. The number of likely N-dealkylation sites (N-methyl/N-ethyl adjacent to an activating group) is 1. The lowest BCUT2D eigenvalue weighted by Crippen LogP contribution is -2.58. The van der Waals surface area contributed by atoms with Gasteiger partial charge in [-0.15, -0.1) is 0 Å². The minimum atomic E-state index is -1.10. The average Bonchev–Trinajstić information content (AvgIpc) is 3.70. The van der Waals surface area contributed by atoms with Crippen molar-refractivity contribution in [3.8, 4) is 11.3 Å². The van der Waals surface area contributed by atoms with Gasteiger partial charge in [0.1, 0.15) is 24.4 Å². The molecule has 4 heterocycles. The van der Waals surface area contributed by atoms with Crippen molar-refractivity contribution in [2.45, 2.75) is 58.1 Å². The summed E-state index contributed by atoms with van der Waals surface area (Å²) < 4.78 is 32.8. The van der Waals surface area contributed by atoms with E-state index in [-0.39, 0.29) is 47.2 Å². The molecule has 246 valence electrons. The summed E-state index contributed by atoms with van der Waals surface area (Å²) in [6.07, 6.45) is 2.30. The first-order valence-corrected chi connectivity index (χ1v) is 16.5. The molecule has 0 spiro atoms. The Morgan fingerprint density at radius 1 is 1.16 bits per heavy atom. The molecule has 5 rings (SSSR count). The van der Waals surface area contributed by atoms with Crippen molar-refractivity contribution in [3.63, 3.8) is 0 Å². The van der Waals surface area contributed by atoms with E-state index in [9.17, 15) is 14.0 Å². The van der Waals surface area contributed by atoms with Gasteiger partial charge in [0.15, 0.2) is 5.13 Å². The molecule has 0 bridgehead atoms. The number of halogens is 1. The molecule has 1 aromatic heterocycles. The van der Waals surface area contributed by atoms with Gasteiger partial charge in [-0.2, -0.15) is 4.39 Å². The van der Waals surface area contributed by atoms with Crippen molar-refractivity contribution in [1.82, 2.24) is 20.1 Å². The minimum absolute atomic E-state index is 0.0260. The van der Waals surface area contributed by atoms with Crippen molar-refractivity contribution in [1.29, 1.82) is 0 Å². The van der Waals surface area contributed by atoms with E-state index in [1.165, 1.54) is 0 Å². The molecule has 4 unspecified atom stereocenters. The lowest BCUT2D eigenvalue weighted by Gasteiger charge is -2.37. The summed E-state index contributed by atoms with van der Waals surface area (Å²) in [5.41, 5.74) is 2.39. The second-order valence-corrected chi connectivity index (χ2v) is 13.9. The van der Waals surface area contributed by atoms with Gasteiger partial charge >= 0.3 is 0 Å². The summed E-state index contributed by atoms with van der Waals surface area (Å²) in [7, 11) is 5.20. The molecular formula is C33H46FN5O5S. The lowest BCUT2D eigenvalue weighted by molar-refractivity contribution is -0.227. The van der Waals surface area contributed by atoms with Crippen LogP contribution in [0.3, 0.4) is 0 Å². The Labute approximate surface area is 269 Å². The van der Waals surface area contributed by atoms with E-state index in [0.717, 1.165) is 43.1 Å². The Hall–Kier alpha value is -2.90. The SMILES string of the molecule is COC1(OC)COC2C(C=C(C)C)CN(C(=O)C(CC(C)C)NC(=O)c3ccc(-c4nc(N5CCN(C)CC5)sc4F)cc3)C21. The topological polar surface area (TPSA) is 96.5 Å². The maximum Gasteiger partial charge on any atom is 0.251 e. The van der Waals surface area contributed by atoms with Gasteiger partial charge in [-0.1, -0.05) is 49.0 Å². The lowest BCUT2D eigenvalue weighted by atomic mass is 9.97. The molecule has 3 aliphatic heterocycles. The molecule has 0 aliphatic carbocycles. The number of carbonyl (C=O) groups is 2. The highest BCUT2D eigenvalue weighted by atomic mass is 32.1. The fourth-order valence-electron chi connectivity index (χ4n) is 6.62. The number of benzene rings is 1. The number of methoxy groups -OCH3 is 2. The molecule has 3 fully saturated rings. The summed E-state index contributed by atoms with van der Waals surface area (Å²) in [5, 5.41) is 3.31. The monoisotopic (exact) mass is 643 g/mol. The van der Waals surface area contributed by atoms with Crippen LogP contribution in [0.2, 0.25) is 0 Å². The quantitative estimate of drug-likeness (QED) is 0.307. The number of aromatic nitrogens is 1. The van der Waals surface area contributed by atoms with E-state index in [1.807, 2.05) is 27.7 Å². The highest BCUT2D eigenvalue weighted by Crippen LogP contribution is 2.42. The Morgan fingerprint density at radius 3 is 2.42 bits per heavy atom. The molecule has 1 N–H and O–H groups in total. The third-order valence-corrected chi connectivity index (χ3v) is 9.91. The minimum Gasteiger partial charge on any atom is -0.369 e. The number of nitrogens with zero attached hydrogens (tertiary/aromatic N) is 4. The predicted molar refractivity (Wildman–Crippen MR) is 173 cm³/mol. The van der Waals surface area contributed by atoms with E-state index in [0.29, 0.717) is 29.2 Å². The van der Waals surface area contributed by atoms with Crippen LogP contribution >= 0.6 is 11.3 Å². The van der Waals surface area contributed by atoms with E-state index < -0.39 is 17.9 Å². The van der Waals surface area contributed by atoms with E-state index in [4.69, 9.17) is 14.2 Å². The number of allylic oxidation sites excluding steroid dienone is 1. The smallest absolute Gasteiger partial charge is 0.251 e. The van der Waals surface area contributed by atoms with Gasteiger partial charge in [-0.3, -0.25) is 9.59 Å². The molecule has 0 saturated carbocycles. The normalized spacial score (nSPS) is 23.7. The van der Waals surface area contributed by atoms with Crippen LogP contribution in [-0.4, -0.2) is 111 Å². The van der Waals surface area contributed by atoms with Crippen LogP contribution in [0, 0.1) is 17.0 Å². The highest BCUT2D eigenvalue weighted by Gasteiger charge is 2.61.